The molecule has 1 aliphatic heterocycles. The quantitative estimate of drug-likeness (QED) is 0.516. The van der Waals surface area contributed by atoms with Crippen molar-refractivity contribution in [2.24, 2.45) is 0 Å². The van der Waals surface area contributed by atoms with Crippen LogP contribution in [0.25, 0.3) is 0 Å². The van der Waals surface area contributed by atoms with Crippen molar-refractivity contribution >= 4 is 7.75 Å². The number of ether oxygens (including phenoxy) is 1. The summed E-state index contributed by atoms with van der Waals surface area (Å²) in [5.41, 5.74) is 0. The molecule has 1 fully saturated rings. The first-order valence-electron chi connectivity index (χ1n) is 4.19. The van der Waals surface area contributed by atoms with Crippen LogP contribution in [0.2, 0.25) is 0 Å². The molecule has 0 aromatic carbocycles. The van der Waals surface area contributed by atoms with Gasteiger partial charge in [0, 0.05) is 26.2 Å². The Morgan fingerprint density at radius 3 is 2.54 bits per heavy atom. The Hall–Kier alpha value is 0.0300. The zero-order valence-corrected chi connectivity index (χ0v) is 8.24. The van der Waals surface area contributed by atoms with Crippen LogP contribution in [0, 0.1) is 0 Å². The number of nitrogens with one attached hydrogen (secondary N) is 1. The van der Waals surface area contributed by atoms with Crippen molar-refractivity contribution in [3.63, 3.8) is 0 Å². The second kappa shape index (κ2) is 5.05. The van der Waals surface area contributed by atoms with Gasteiger partial charge in [-0.25, -0.2) is 9.65 Å². The first-order valence-corrected chi connectivity index (χ1v) is 5.80. The monoisotopic (exact) mass is 210 g/mol. The van der Waals surface area contributed by atoms with Crippen molar-refractivity contribution in [1.82, 2.24) is 9.99 Å². The number of hydrogen-bond acceptors (Lipinski definition) is 3. The molecule has 6 nitrogen and oxygen atoms in total. The SMILES string of the molecule is O=P(O)(O)NCCN1CCOCC1. The average molecular weight is 210 g/mol. The largest absolute Gasteiger partial charge is 0.400 e. The average Bonchev–Trinajstić information content (AvgIpc) is 2.04. The third kappa shape index (κ3) is 5.36. The zero-order chi connectivity index (χ0) is 9.73. The summed E-state index contributed by atoms with van der Waals surface area (Å²) in [5, 5.41) is 2.15. The topological polar surface area (TPSA) is 82.0 Å². The second-order valence-corrected chi connectivity index (χ2v) is 4.31. The first-order chi connectivity index (χ1) is 6.08. The van der Waals surface area contributed by atoms with Crippen LogP contribution in [0.4, 0.5) is 0 Å². The van der Waals surface area contributed by atoms with Gasteiger partial charge in [-0.1, -0.05) is 0 Å². The van der Waals surface area contributed by atoms with Crippen LogP contribution in [0.5, 0.6) is 0 Å². The van der Waals surface area contributed by atoms with Gasteiger partial charge in [-0.2, -0.15) is 0 Å². The minimum absolute atomic E-state index is 0.310. The lowest BCUT2D eigenvalue weighted by molar-refractivity contribution is 0.0388. The highest BCUT2D eigenvalue weighted by Gasteiger charge is 2.13. The van der Waals surface area contributed by atoms with E-state index >= 15 is 0 Å². The summed E-state index contributed by atoms with van der Waals surface area (Å²) in [5.74, 6) is 0. The molecule has 3 N–H and O–H groups in total. The molecular weight excluding hydrogens is 195 g/mol. The zero-order valence-electron chi connectivity index (χ0n) is 7.35. The summed E-state index contributed by atoms with van der Waals surface area (Å²) in [6.45, 7) is 4.04. The maximum Gasteiger partial charge on any atom is 0.400 e. The molecule has 7 heteroatoms. The van der Waals surface area contributed by atoms with Crippen molar-refractivity contribution in [2.75, 3.05) is 39.4 Å². The van der Waals surface area contributed by atoms with E-state index in [1.54, 1.807) is 0 Å². The molecule has 0 aliphatic carbocycles. The molecule has 0 bridgehead atoms. The third-order valence-electron chi connectivity index (χ3n) is 1.85. The molecule has 1 heterocycles. The summed E-state index contributed by atoms with van der Waals surface area (Å²) in [4.78, 5) is 19.1. The van der Waals surface area contributed by atoms with E-state index in [0.717, 1.165) is 13.1 Å². The van der Waals surface area contributed by atoms with Crippen LogP contribution >= 0.6 is 7.75 Å². The summed E-state index contributed by atoms with van der Waals surface area (Å²) in [7, 11) is -4.04. The molecule has 1 saturated heterocycles. The van der Waals surface area contributed by atoms with E-state index in [4.69, 9.17) is 14.5 Å². The van der Waals surface area contributed by atoms with Crippen LogP contribution in [0.15, 0.2) is 0 Å². The van der Waals surface area contributed by atoms with Crippen LogP contribution in [-0.2, 0) is 9.30 Å². The Balaban J connectivity index is 2.08. The summed E-state index contributed by atoms with van der Waals surface area (Å²) in [6.07, 6.45) is 0. The Morgan fingerprint density at radius 2 is 2.00 bits per heavy atom. The van der Waals surface area contributed by atoms with Gasteiger partial charge in [-0.15, -0.1) is 0 Å². The summed E-state index contributed by atoms with van der Waals surface area (Å²) in [6, 6.07) is 0. The van der Waals surface area contributed by atoms with Crippen LogP contribution in [-0.4, -0.2) is 54.1 Å². The molecule has 1 rings (SSSR count). The van der Waals surface area contributed by atoms with Crippen molar-refractivity contribution in [1.29, 1.82) is 0 Å². The molecule has 0 spiro atoms. The molecule has 0 unspecified atom stereocenters. The lowest BCUT2D eigenvalue weighted by Crippen LogP contribution is -2.39. The van der Waals surface area contributed by atoms with E-state index in [0.29, 0.717) is 26.3 Å². The lowest BCUT2D eigenvalue weighted by atomic mass is 10.4. The Morgan fingerprint density at radius 1 is 1.38 bits per heavy atom. The van der Waals surface area contributed by atoms with Crippen molar-refractivity contribution in [3.8, 4) is 0 Å². The first kappa shape index (κ1) is 11.1. The van der Waals surface area contributed by atoms with E-state index < -0.39 is 7.75 Å². The smallest absolute Gasteiger partial charge is 0.379 e. The van der Waals surface area contributed by atoms with Gasteiger partial charge < -0.3 is 14.5 Å². The molecule has 0 amide bonds. The second-order valence-electron chi connectivity index (χ2n) is 2.91. The highest BCUT2D eigenvalue weighted by atomic mass is 31.2. The fraction of sp³-hybridized carbons (Fsp3) is 1.00. The van der Waals surface area contributed by atoms with Gasteiger partial charge in [0.25, 0.3) is 0 Å². The number of rotatable bonds is 4. The normalized spacial score (nSPS) is 20.5. The molecule has 0 atom stereocenters. The molecular formula is C6H15N2O4P. The van der Waals surface area contributed by atoms with Gasteiger partial charge in [0.15, 0.2) is 0 Å². The number of nitrogens with zero attached hydrogens (tertiary/aromatic N) is 1. The predicted octanol–water partition coefficient (Wildman–Crippen LogP) is -0.999. The highest BCUT2D eigenvalue weighted by molar-refractivity contribution is 7.49. The van der Waals surface area contributed by atoms with Gasteiger partial charge in [-0.3, -0.25) is 4.90 Å². The molecule has 0 saturated carbocycles. The molecule has 0 aromatic rings. The maximum absolute atomic E-state index is 10.4. The molecule has 0 aromatic heterocycles. The number of hydrogen-bond donors (Lipinski definition) is 3. The highest BCUT2D eigenvalue weighted by Crippen LogP contribution is 2.27. The summed E-state index contributed by atoms with van der Waals surface area (Å²) >= 11 is 0. The van der Waals surface area contributed by atoms with E-state index in [1.165, 1.54) is 0 Å². The maximum atomic E-state index is 10.4. The van der Waals surface area contributed by atoms with Gasteiger partial charge >= 0.3 is 7.75 Å². The standard InChI is InChI=1S/C6H15N2O4P/c9-13(10,11)7-1-2-8-3-5-12-6-4-8/h1-6H2,(H3,7,9,10,11). The van der Waals surface area contributed by atoms with Gasteiger partial charge in [-0.05, 0) is 0 Å². The predicted molar refractivity (Wildman–Crippen MR) is 47.3 cm³/mol. The fourth-order valence-electron chi connectivity index (χ4n) is 1.18. The molecule has 1 aliphatic rings. The van der Waals surface area contributed by atoms with E-state index in [-0.39, 0.29) is 0 Å². The number of morpholine rings is 1. The Kier molecular flexibility index (Phi) is 4.31. The molecule has 13 heavy (non-hydrogen) atoms. The fourth-order valence-corrected chi connectivity index (χ4v) is 1.57. The van der Waals surface area contributed by atoms with Crippen LogP contribution < -0.4 is 5.09 Å². The minimum atomic E-state index is -4.04. The van der Waals surface area contributed by atoms with Gasteiger partial charge in [0.05, 0.1) is 13.2 Å². The minimum Gasteiger partial charge on any atom is -0.379 e. The van der Waals surface area contributed by atoms with E-state index in [1.807, 2.05) is 0 Å². The van der Waals surface area contributed by atoms with Gasteiger partial charge in [0.1, 0.15) is 0 Å². The Labute approximate surface area is 77.1 Å². The molecule has 0 radical (unpaired) electrons. The van der Waals surface area contributed by atoms with Crippen molar-refractivity contribution < 1.29 is 19.1 Å². The van der Waals surface area contributed by atoms with Crippen LogP contribution in [0.1, 0.15) is 0 Å². The molecule has 78 valence electrons. The van der Waals surface area contributed by atoms with Gasteiger partial charge in [0.2, 0.25) is 0 Å². The lowest BCUT2D eigenvalue weighted by Gasteiger charge is -2.26. The third-order valence-corrected chi connectivity index (χ3v) is 2.49. The van der Waals surface area contributed by atoms with E-state index in [2.05, 4.69) is 9.99 Å². The summed E-state index contributed by atoms with van der Waals surface area (Å²) < 4.78 is 15.5. The van der Waals surface area contributed by atoms with Crippen LogP contribution in [0.3, 0.4) is 0 Å². The van der Waals surface area contributed by atoms with E-state index in [9.17, 15) is 4.57 Å². The van der Waals surface area contributed by atoms with Crippen molar-refractivity contribution in [2.45, 2.75) is 0 Å². The Bertz CT molecular complexity index is 189. The van der Waals surface area contributed by atoms with Crippen molar-refractivity contribution in [3.05, 3.63) is 0 Å².